The van der Waals surface area contributed by atoms with Crippen LogP contribution in [0.2, 0.25) is 0 Å². The van der Waals surface area contributed by atoms with Gasteiger partial charge in [-0.25, -0.2) is 9.59 Å². The van der Waals surface area contributed by atoms with Crippen molar-refractivity contribution in [2.75, 3.05) is 6.54 Å². The zero-order valence-electron chi connectivity index (χ0n) is 23.1. The fraction of sp³-hybridized carbons (Fsp3) is 0.452. The number of alkyl carbamates (subject to hydrolysis) is 2. The number of primary amides is 1. The molecule has 1 aliphatic carbocycles. The van der Waals surface area contributed by atoms with Crippen molar-refractivity contribution in [3.05, 3.63) is 70.3 Å². The summed E-state index contributed by atoms with van der Waals surface area (Å²) in [5.41, 5.74) is 10.5. The molecule has 0 bridgehead atoms. The molecule has 8 nitrogen and oxygen atoms in total. The van der Waals surface area contributed by atoms with Gasteiger partial charge in [0.2, 0.25) is 5.91 Å². The van der Waals surface area contributed by atoms with E-state index in [2.05, 4.69) is 28.5 Å². The lowest BCUT2D eigenvalue weighted by molar-refractivity contribution is -0.120. The molecule has 3 amide bonds. The number of nitrogens with two attached hydrogens (primary N) is 1. The van der Waals surface area contributed by atoms with E-state index in [9.17, 15) is 14.4 Å². The summed E-state index contributed by atoms with van der Waals surface area (Å²) in [4.78, 5) is 36.0. The number of amides is 3. The molecule has 0 heterocycles. The Balaban J connectivity index is 1.55. The second kappa shape index (κ2) is 14.2. The van der Waals surface area contributed by atoms with Gasteiger partial charge in [-0.2, -0.15) is 0 Å². The number of hydrogen-bond donors (Lipinski definition) is 3. The fourth-order valence-electron chi connectivity index (χ4n) is 4.49. The molecule has 39 heavy (non-hydrogen) atoms. The predicted molar refractivity (Wildman–Crippen MR) is 150 cm³/mol. The SMILES string of the molecule is CC(C)(C)OC(=O)N[C@@H](CCc1ccc(C#CCCNC(=O)OCc2ccccc2)c2c1CCCC2)C(N)=O. The highest BCUT2D eigenvalue weighted by molar-refractivity contribution is 5.84. The predicted octanol–water partition coefficient (Wildman–Crippen LogP) is 4.54. The van der Waals surface area contributed by atoms with E-state index in [0.717, 1.165) is 42.4 Å². The molecule has 4 N–H and O–H groups in total. The van der Waals surface area contributed by atoms with Crippen molar-refractivity contribution in [1.82, 2.24) is 10.6 Å². The van der Waals surface area contributed by atoms with E-state index < -0.39 is 29.7 Å². The lowest BCUT2D eigenvalue weighted by Crippen LogP contribution is -2.46. The van der Waals surface area contributed by atoms with Gasteiger partial charge in [0.25, 0.3) is 0 Å². The summed E-state index contributed by atoms with van der Waals surface area (Å²) >= 11 is 0. The summed E-state index contributed by atoms with van der Waals surface area (Å²) in [5, 5.41) is 5.33. The van der Waals surface area contributed by atoms with Crippen LogP contribution in [0.5, 0.6) is 0 Å². The van der Waals surface area contributed by atoms with E-state index in [-0.39, 0.29) is 6.61 Å². The number of aryl methyl sites for hydroxylation is 1. The summed E-state index contributed by atoms with van der Waals surface area (Å²) in [6.45, 7) is 5.93. The molecule has 0 saturated carbocycles. The third kappa shape index (κ3) is 10.0. The minimum Gasteiger partial charge on any atom is -0.445 e. The largest absolute Gasteiger partial charge is 0.445 e. The molecule has 1 aliphatic rings. The number of benzene rings is 2. The van der Waals surface area contributed by atoms with Gasteiger partial charge >= 0.3 is 12.2 Å². The lowest BCUT2D eigenvalue weighted by Gasteiger charge is -2.24. The van der Waals surface area contributed by atoms with Crippen LogP contribution >= 0.6 is 0 Å². The van der Waals surface area contributed by atoms with Gasteiger partial charge in [-0.1, -0.05) is 48.2 Å². The molecule has 2 aromatic carbocycles. The van der Waals surface area contributed by atoms with Gasteiger partial charge in [0, 0.05) is 18.5 Å². The van der Waals surface area contributed by atoms with Gasteiger partial charge in [-0.05, 0) is 87.6 Å². The van der Waals surface area contributed by atoms with E-state index in [1.54, 1.807) is 20.8 Å². The Morgan fingerprint density at radius 1 is 1.00 bits per heavy atom. The van der Waals surface area contributed by atoms with Crippen LogP contribution in [0.1, 0.15) is 74.3 Å². The number of fused-ring (bicyclic) bond motifs is 1. The molecule has 8 heteroatoms. The molecule has 208 valence electrons. The number of nitrogens with one attached hydrogen (secondary N) is 2. The Bertz CT molecular complexity index is 1210. The summed E-state index contributed by atoms with van der Waals surface area (Å²) in [6.07, 6.45) is 4.49. The highest BCUT2D eigenvalue weighted by atomic mass is 16.6. The van der Waals surface area contributed by atoms with E-state index in [1.807, 2.05) is 36.4 Å². The van der Waals surface area contributed by atoms with Gasteiger partial charge in [0.05, 0.1) is 0 Å². The molecular formula is C31H39N3O5. The minimum atomic E-state index is -0.814. The van der Waals surface area contributed by atoms with Crippen LogP contribution < -0.4 is 16.4 Å². The molecule has 3 rings (SSSR count). The molecule has 0 aliphatic heterocycles. The fourth-order valence-corrected chi connectivity index (χ4v) is 4.49. The quantitative estimate of drug-likeness (QED) is 0.323. The van der Waals surface area contributed by atoms with Gasteiger partial charge in [-0.3, -0.25) is 4.79 Å². The summed E-state index contributed by atoms with van der Waals surface area (Å²) in [6, 6.07) is 12.8. The van der Waals surface area contributed by atoms with Crippen molar-refractivity contribution >= 4 is 18.1 Å². The maximum atomic E-state index is 12.2. The first-order valence-corrected chi connectivity index (χ1v) is 13.5. The maximum Gasteiger partial charge on any atom is 0.408 e. The van der Waals surface area contributed by atoms with E-state index in [1.165, 1.54) is 11.1 Å². The number of ether oxygens (including phenoxy) is 2. The monoisotopic (exact) mass is 533 g/mol. The van der Waals surface area contributed by atoms with Crippen LogP contribution in [-0.4, -0.2) is 36.3 Å². The second-order valence-corrected chi connectivity index (χ2v) is 10.6. The smallest absolute Gasteiger partial charge is 0.408 e. The highest BCUT2D eigenvalue weighted by Crippen LogP contribution is 2.28. The number of carbonyl (C=O) groups is 3. The van der Waals surface area contributed by atoms with Crippen molar-refractivity contribution < 1.29 is 23.9 Å². The number of carbonyl (C=O) groups excluding carboxylic acids is 3. The standard InChI is InChI=1S/C31H39N3O5/c1-31(2,3)39-30(37)34-27(28(32)35)19-18-24-17-16-23(25-14-7-8-15-26(24)25)13-9-10-20-33-29(36)38-21-22-11-5-4-6-12-22/h4-6,11-12,16-17,27H,7-8,10,14-15,18-21H2,1-3H3,(H2,32,35)(H,33,36)(H,34,37)/t27-/m0/s1. The molecule has 0 unspecified atom stereocenters. The van der Waals surface area contributed by atoms with Gasteiger partial charge in [0.1, 0.15) is 18.2 Å². The van der Waals surface area contributed by atoms with E-state index in [0.29, 0.717) is 25.8 Å². The maximum absolute atomic E-state index is 12.2. The summed E-state index contributed by atoms with van der Waals surface area (Å²) in [5.74, 6) is 5.85. The third-order valence-electron chi connectivity index (χ3n) is 6.32. The first-order chi connectivity index (χ1) is 18.6. The van der Waals surface area contributed by atoms with Crippen molar-refractivity contribution in [3.63, 3.8) is 0 Å². The highest BCUT2D eigenvalue weighted by Gasteiger charge is 2.24. The van der Waals surface area contributed by atoms with Gasteiger partial charge < -0.3 is 25.8 Å². The van der Waals surface area contributed by atoms with Crippen molar-refractivity contribution in [3.8, 4) is 11.8 Å². The first-order valence-electron chi connectivity index (χ1n) is 13.5. The average molecular weight is 534 g/mol. The minimum absolute atomic E-state index is 0.230. The van der Waals surface area contributed by atoms with Gasteiger partial charge in [-0.15, -0.1) is 0 Å². The molecule has 0 fully saturated rings. The molecule has 0 aromatic heterocycles. The topological polar surface area (TPSA) is 120 Å². The zero-order chi connectivity index (χ0) is 28.3. The van der Waals surface area contributed by atoms with Crippen LogP contribution in [0.4, 0.5) is 9.59 Å². The van der Waals surface area contributed by atoms with Crippen molar-refractivity contribution in [1.29, 1.82) is 0 Å². The number of rotatable bonds is 9. The lowest BCUT2D eigenvalue weighted by atomic mass is 9.83. The van der Waals surface area contributed by atoms with Crippen molar-refractivity contribution in [2.24, 2.45) is 5.73 Å². The Labute approximate surface area is 231 Å². The Hall–Kier alpha value is -3.99. The third-order valence-corrected chi connectivity index (χ3v) is 6.32. The molecule has 0 radical (unpaired) electrons. The molecule has 0 spiro atoms. The molecule has 2 aromatic rings. The van der Waals surface area contributed by atoms with E-state index in [4.69, 9.17) is 15.2 Å². The van der Waals surface area contributed by atoms with Crippen molar-refractivity contribution in [2.45, 2.75) is 84.0 Å². The number of hydrogen-bond acceptors (Lipinski definition) is 5. The van der Waals surface area contributed by atoms with E-state index >= 15 is 0 Å². The summed E-state index contributed by atoms with van der Waals surface area (Å²) in [7, 11) is 0. The van der Waals surface area contributed by atoms with Crippen LogP contribution in [0.3, 0.4) is 0 Å². The average Bonchev–Trinajstić information content (AvgIpc) is 2.89. The molecule has 0 saturated heterocycles. The zero-order valence-corrected chi connectivity index (χ0v) is 23.1. The normalized spacial score (nSPS) is 13.2. The summed E-state index contributed by atoms with van der Waals surface area (Å²) < 4.78 is 10.5. The second-order valence-electron chi connectivity index (χ2n) is 10.6. The molecular weight excluding hydrogens is 494 g/mol. The Morgan fingerprint density at radius 3 is 2.41 bits per heavy atom. The first kappa shape index (κ1) is 29.6. The van der Waals surface area contributed by atoms with Gasteiger partial charge in [0.15, 0.2) is 0 Å². The molecule has 1 atom stereocenters. The van der Waals surface area contributed by atoms with Crippen LogP contribution in [0, 0.1) is 11.8 Å². The van der Waals surface area contributed by atoms with Crippen LogP contribution in [0.25, 0.3) is 0 Å². The van der Waals surface area contributed by atoms with Crippen LogP contribution in [-0.2, 0) is 40.1 Å². The van der Waals surface area contributed by atoms with Crippen LogP contribution in [0.15, 0.2) is 42.5 Å². The Morgan fingerprint density at radius 2 is 1.72 bits per heavy atom. The Kier molecular flexibility index (Phi) is 10.8.